The molecule has 10 heteroatoms. The second-order valence-electron chi connectivity index (χ2n) is 6.13. The van der Waals surface area contributed by atoms with Gasteiger partial charge in [-0.15, -0.1) is 11.8 Å². The lowest BCUT2D eigenvalue weighted by Gasteiger charge is -2.14. The summed E-state index contributed by atoms with van der Waals surface area (Å²) in [6.07, 6.45) is 0.802. The number of amides is 1. The summed E-state index contributed by atoms with van der Waals surface area (Å²) < 4.78 is 30.7. The predicted molar refractivity (Wildman–Crippen MR) is 120 cm³/mol. The molecule has 0 radical (unpaired) electrons. The maximum Gasteiger partial charge on any atom is 0.434 e. The lowest BCUT2D eigenvalue weighted by molar-refractivity contribution is 0.0798. The molecule has 0 bridgehead atoms. The zero-order valence-corrected chi connectivity index (χ0v) is 18.6. The maximum atomic E-state index is 15.5. The first-order chi connectivity index (χ1) is 15.5. The fraction of sp³-hybridized carbons (Fsp3) is 0.273. The van der Waals surface area contributed by atoms with Gasteiger partial charge in [-0.1, -0.05) is 0 Å². The van der Waals surface area contributed by atoms with Crippen LogP contribution in [-0.4, -0.2) is 55.6 Å². The highest BCUT2D eigenvalue weighted by atomic mass is 32.2. The van der Waals surface area contributed by atoms with E-state index in [4.69, 9.17) is 19.8 Å². The van der Waals surface area contributed by atoms with Crippen LogP contribution in [0.1, 0.15) is 16.7 Å². The molecule has 0 spiro atoms. The molecule has 0 heterocycles. The maximum absolute atomic E-state index is 15.5. The number of aliphatic imine (C=N–C) groups is 2. The lowest BCUT2D eigenvalue weighted by Crippen LogP contribution is -2.17. The molecular weight excluding hydrogens is 437 g/mol. The van der Waals surface area contributed by atoms with Crippen molar-refractivity contribution in [2.45, 2.75) is 6.61 Å². The van der Waals surface area contributed by atoms with Crippen LogP contribution in [0.15, 0.2) is 46.4 Å². The van der Waals surface area contributed by atoms with Gasteiger partial charge in [-0.05, 0) is 42.7 Å². The van der Waals surface area contributed by atoms with Gasteiger partial charge in [0.25, 0.3) is 0 Å². The molecule has 2 aromatic carbocycles. The fourth-order valence-electron chi connectivity index (χ4n) is 2.58. The van der Waals surface area contributed by atoms with Gasteiger partial charge in [0.2, 0.25) is 0 Å². The van der Waals surface area contributed by atoms with Gasteiger partial charge in [-0.2, -0.15) is 10.3 Å². The molecule has 0 aliphatic rings. The van der Waals surface area contributed by atoms with Gasteiger partial charge in [0, 0.05) is 11.1 Å². The summed E-state index contributed by atoms with van der Waals surface area (Å²) in [7, 11) is 2.62. The number of thioether (sulfide) groups is 1. The Kier molecular flexibility index (Phi) is 9.81. The highest BCUT2D eigenvalue weighted by Gasteiger charge is 2.21. The number of hydrogen-bond donors (Lipinski definition) is 1. The minimum atomic E-state index is -0.864. The zero-order chi connectivity index (χ0) is 23.5. The molecule has 0 aliphatic carbocycles. The fourth-order valence-corrected chi connectivity index (χ4v) is 3.10. The Balaban J connectivity index is 2.71. The van der Waals surface area contributed by atoms with E-state index in [1.807, 2.05) is 6.07 Å². The molecule has 8 nitrogen and oxygen atoms in total. The van der Waals surface area contributed by atoms with E-state index < -0.39 is 11.9 Å². The first-order valence-electron chi connectivity index (χ1n) is 9.32. The van der Waals surface area contributed by atoms with Crippen LogP contribution in [0.3, 0.4) is 0 Å². The van der Waals surface area contributed by atoms with E-state index in [9.17, 15) is 4.79 Å². The van der Waals surface area contributed by atoms with Crippen molar-refractivity contribution in [2.24, 2.45) is 9.98 Å². The standard InChI is InChI=1S/C22H22FN3O5S/c1-29-17-10-15(13-31-9-8-27)19(23)18(11-17)20(21(32-3)26-22(28)30-2)25-16-6-4-14(12-24)5-7-16/h4-7,10-11,27H,8-9,13H2,1-3H3/b25-20?,26-21-. The topological polar surface area (TPSA) is 114 Å². The molecule has 0 aromatic heterocycles. The van der Waals surface area contributed by atoms with Crippen molar-refractivity contribution in [3.8, 4) is 11.8 Å². The molecule has 0 fully saturated rings. The van der Waals surface area contributed by atoms with Crippen LogP contribution in [0.2, 0.25) is 0 Å². The van der Waals surface area contributed by atoms with E-state index in [0.29, 0.717) is 17.0 Å². The highest BCUT2D eigenvalue weighted by Crippen LogP contribution is 2.27. The third-order valence-corrected chi connectivity index (χ3v) is 4.78. The number of hydrogen-bond acceptors (Lipinski definition) is 8. The van der Waals surface area contributed by atoms with Gasteiger partial charge < -0.3 is 19.3 Å². The van der Waals surface area contributed by atoms with Crippen LogP contribution < -0.4 is 4.74 Å². The summed E-state index contributed by atoms with van der Waals surface area (Å²) in [6.45, 7) is -0.270. The molecule has 0 aliphatic heterocycles. The number of nitrogens with zero attached hydrogens (tertiary/aromatic N) is 3. The van der Waals surface area contributed by atoms with Gasteiger partial charge in [0.1, 0.15) is 22.3 Å². The van der Waals surface area contributed by atoms with Gasteiger partial charge in [0.15, 0.2) is 0 Å². The number of aliphatic hydroxyl groups excluding tert-OH is 1. The molecule has 0 atom stereocenters. The first-order valence-corrected chi connectivity index (χ1v) is 10.5. The van der Waals surface area contributed by atoms with Crippen molar-refractivity contribution in [1.82, 2.24) is 0 Å². The quantitative estimate of drug-likeness (QED) is 0.362. The van der Waals surface area contributed by atoms with Gasteiger partial charge in [-0.3, -0.25) is 0 Å². The number of aliphatic hydroxyl groups is 1. The normalized spacial score (nSPS) is 11.8. The summed E-state index contributed by atoms with van der Waals surface area (Å²) in [5.41, 5.74) is 1.15. The minimum Gasteiger partial charge on any atom is -0.497 e. The average molecular weight is 459 g/mol. The van der Waals surface area contributed by atoms with Gasteiger partial charge >= 0.3 is 6.09 Å². The predicted octanol–water partition coefficient (Wildman–Crippen LogP) is 3.86. The lowest BCUT2D eigenvalue weighted by atomic mass is 10.0. The Morgan fingerprint density at radius 1 is 1.25 bits per heavy atom. The summed E-state index contributed by atoms with van der Waals surface area (Å²) in [5.74, 6) is -0.294. The Hall–Kier alpha value is -3.26. The number of carbonyl (C=O) groups excluding carboxylic acids is 1. The molecule has 2 aromatic rings. The van der Waals surface area contributed by atoms with Gasteiger partial charge in [0.05, 0.1) is 51.4 Å². The minimum absolute atomic E-state index is 0.0355. The van der Waals surface area contributed by atoms with E-state index >= 15 is 4.39 Å². The largest absolute Gasteiger partial charge is 0.497 e. The van der Waals surface area contributed by atoms with E-state index in [0.717, 1.165) is 11.8 Å². The van der Waals surface area contributed by atoms with Gasteiger partial charge in [-0.25, -0.2) is 14.2 Å². The number of halogens is 1. The molecule has 2 rings (SSSR count). The van der Waals surface area contributed by atoms with E-state index in [-0.39, 0.29) is 41.7 Å². The van der Waals surface area contributed by atoms with Crippen LogP contribution in [0.25, 0.3) is 0 Å². The molecule has 168 valence electrons. The van der Waals surface area contributed by atoms with E-state index in [1.54, 1.807) is 30.5 Å². The van der Waals surface area contributed by atoms with Crippen molar-refractivity contribution >= 4 is 34.3 Å². The number of nitriles is 1. The number of methoxy groups -OCH3 is 2. The smallest absolute Gasteiger partial charge is 0.434 e. The second kappa shape index (κ2) is 12.6. The van der Waals surface area contributed by atoms with Crippen molar-refractivity contribution in [1.29, 1.82) is 5.26 Å². The van der Waals surface area contributed by atoms with Crippen LogP contribution in [0.4, 0.5) is 14.9 Å². The molecule has 32 heavy (non-hydrogen) atoms. The Bertz CT molecular complexity index is 1050. The highest BCUT2D eigenvalue weighted by molar-refractivity contribution is 8.15. The van der Waals surface area contributed by atoms with Crippen LogP contribution in [0, 0.1) is 17.1 Å². The summed E-state index contributed by atoms with van der Waals surface area (Å²) in [6, 6.07) is 11.3. The van der Waals surface area contributed by atoms with E-state index in [1.165, 1.54) is 26.4 Å². The molecule has 0 saturated heterocycles. The monoisotopic (exact) mass is 459 g/mol. The SMILES string of the molecule is COC(=O)/N=C(\SC)C(=Nc1ccc(C#N)cc1)c1cc(OC)cc(COCCO)c1F. The van der Waals surface area contributed by atoms with Crippen molar-refractivity contribution in [3.63, 3.8) is 0 Å². The van der Waals surface area contributed by atoms with Crippen molar-refractivity contribution in [2.75, 3.05) is 33.7 Å². The molecule has 1 amide bonds. The zero-order valence-electron chi connectivity index (χ0n) is 17.8. The Labute approximate surface area is 189 Å². The number of carbonyl (C=O) groups is 1. The third kappa shape index (κ3) is 6.62. The van der Waals surface area contributed by atoms with Crippen molar-refractivity contribution < 1.29 is 28.5 Å². The molecule has 0 unspecified atom stereocenters. The second-order valence-corrected chi connectivity index (χ2v) is 6.93. The Morgan fingerprint density at radius 2 is 1.97 bits per heavy atom. The summed E-state index contributed by atoms with van der Waals surface area (Å²) in [5, 5.41) is 18.1. The third-order valence-electron chi connectivity index (χ3n) is 4.11. The Morgan fingerprint density at radius 3 is 2.53 bits per heavy atom. The van der Waals surface area contributed by atoms with Crippen LogP contribution >= 0.6 is 11.8 Å². The summed E-state index contributed by atoms with van der Waals surface area (Å²) in [4.78, 5) is 20.2. The van der Waals surface area contributed by atoms with Crippen molar-refractivity contribution in [3.05, 3.63) is 58.9 Å². The average Bonchev–Trinajstić information content (AvgIpc) is 2.82. The molecule has 0 saturated carbocycles. The molecular formula is C22H22FN3O5S. The number of rotatable bonds is 8. The molecule has 1 N–H and O–H groups in total. The summed E-state index contributed by atoms with van der Waals surface area (Å²) >= 11 is 1.09. The van der Waals surface area contributed by atoms with E-state index in [2.05, 4.69) is 14.7 Å². The number of benzene rings is 2. The number of ether oxygens (including phenoxy) is 3. The van der Waals surface area contributed by atoms with Crippen LogP contribution in [-0.2, 0) is 16.1 Å². The first kappa shape index (κ1) is 25.0. The van der Waals surface area contributed by atoms with Crippen LogP contribution in [0.5, 0.6) is 5.75 Å².